The van der Waals surface area contributed by atoms with Gasteiger partial charge in [-0.1, -0.05) is 0 Å². The van der Waals surface area contributed by atoms with E-state index in [2.05, 4.69) is 20.4 Å². The average Bonchev–Trinajstić information content (AvgIpc) is 2.33. The number of hydrogen-bond acceptors (Lipinski definition) is 5. The van der Waals surface area contributed by atoms with E-state index in [0.29, 0.717) is 11.5 Å². The molecular formula is C4H2N4O. The molecule has 2 aliphatic heterocycles. The van der Waals surface area contributed by atoms with Crippen molar-refractivity contribution in [2.45, 2.75) is 0 Å². The molecule has 0 aliphatic carbocycles. The van der Waals surface area contributed by atoms with Crippen molar-refractivity contribution in [1.29, 1.82) is 0 Å². The van der Waals surface area contributed by atoms with Gasteiger partial charge in [-0.15, -0.1) is 10.2 Å². The fourth-order valence-corrected chi connectivity index (χ4v) is 0.552. The quantitative estimate of drug-likeness (QED) is 0.490. The standard InChI is InChI=1S/C4H2N4O/c1-3-4(5-2-9-1)7-8-6-3/h1-2H. The van der Waals surface area contributed by atoms with Crippen molar-refractivity contribution in [3.8, 4) is 11.5 Å². The van der Waals surface area contributed by atoms with Crippen molar-refractivity contribution in [3.05, 3.63) is 12.7 Å². The largest absolute Gasteiger partial charge is 0.451 e. The van der Waals surface area contributed by atoms with Gasteiger partial charge in [-0.2, -0.15) is 4.98 Å². The molecule has 2 heterocycles. The Morgan fingerprint density at radius 1 is 1.33 bits per heavy atom. The van der Waals surface area contributed by atoms with E-state index < -0.39 is 0 Å². The van der Waals surface area contributed by atoms with E-state index >= 15 is 0 Å². The Kier molecular flexibility index (Phi) is 0.717. The lowest BCUT2D eigenvalue weighted by Gasteiger charge is -1.84. The lowest BCUT2D eigenvalue weighted by molar-refractivity contribution is 0.527. The predicted octanol–water partition coefficient (Wildman–Crippen LogP) is -0.0356. The molecule has 5 heteroatoms. The van der Waals surface area contributed by atoms with Crippen LogP contribution in [-0.4, -0.2) is 20.4 Å². The van der Waals surface area contributed by atoms with Gasteiger partial charge in [0.05, 0.1) is 0 Å². The molecule has 9 heavy (non-hydrogen) atoms. The Morgan fingerprint density at radius 3 is 3.22 bits per heavy atom. The molecule has 0 fully saturated rings. The van der Waals surface area contributed by atoms with Crippen LogP contribution < -0.4 is 0 Å². The number of hydrogen-bond donors (Lipinski definition) is 0. The maximum atomic E-state index is 4.70. The summed E-state index contributed by atoms with van der Waals surface area (Å²) in [6.07, 6.45) is 2.74. The van der Waals surface area contributed by atoms with Crippen LogP contribution in [0.15, 0.2) is 17.1 Å². The zero-order valence-corrected chi connectivity index (χ0v) is 4.35. The topological polar surface area (TPSA) is 64.7 Å². The zero-order valence-electron chi connectivity index (χ0n) is 4.35. The van der Waals surface area contributed by atoms with Crippen molar-refractivity contribution >= 4 is 0 Å². The summed E-state index contributed by atoms with van der Waals surface area (Å²) in [7, 11) is 0. The van der Waals surface area contributed by atoms with Crippen molar-refractivity contribution in [2.75, 3.05) is 0 Å². The van der Waals surface area contributed by atoms with Crippen LogP contribution in [0.4, 0.5) is 0 Å². The highest BCUT2D eigenvalue weighted by molar-refractivity contribution is 5.44. The van der Waals surface area contributed by atoms with Gasteiger partial charge in [0.2, 0.25) is 5.82 Å². The van der Waals surface area contributed by atoms with Crippen LogP contribution in [-0.2, 0) is 0 Å². The molecule has 0 aromatic carbocycles. The second-order valence-electron chi connectivity index (χ2n) is 1.49. The Hall–Kier alpha value is -1.52. The Balaban J connectivity index is 2.79. The minimum atomic E-state index is 0.515. The fraction of sp³-hybridized carbons (Fsp3) is 0. The second-order valence-corrected chi connectivity index (χ2v) is 1.49. The average molecular weight is 122 g/mol. The van der Waals surface area contributed by atoms with Gasteiger partial charge in [0.25, 0.3) is 0 Å². The summed E-state index contributed by atoms with van der Waals surface area (Å²) in [5, 5.41) is 10.6. The summed E-state index contributed by atoms with van der Waals surface area (Å²) in [5.74, 6) is 0.515. The van der Waals surface area contributed by atoms with E-state index in [1.165, 1.54) is 12.7 Å². The molecule has 5 nitrogen and oxygen atoms in total. The van der Waals surface area contributed by atoms with E-state index in [9.17, 15) is 0 Å². The summed E-state index contributed by atoms with van der Waals surface area (Å²) in [4.78, 5) is 3.74. The van der Waals surface area contributed by atoms with Gasteiger partial charge in [-0.05, 0) is 5.21 Å². The maximum Gasteiger partial charge on any atom is 0.210 e. The molecule has 0 unspecified atom stereocenters. The van der Waals surface area contributed by atoms with E-state index in [4.69, 9.17) is 4.42 Å². The minimum Gasteiger partial charge on any atom is -0.451 e. The molecule has 2 rings (SSSR count). The lowest BCUT2D eigenvalue weighted by atomic mass is 10.5. The second kappa shape index (κ2) is 1.48. The lowest BCUT2D eigenvalue weighted by Crippen LogP contribution is -1.80. The molecule has 0 amide bonds. The van der Waals surface area contributed by atoms with Crippen LogP contribution in [0, 0.1) is 0 Å². The first-order valence-corrected chi connectivity index (χ1v) is 2.34. The zero-order chi connectivity index (χ0) is 6.10. The van der Waals surface area contributed by atoms with Crippen molar-refractivity contribution in [1.82, 2.24) is 20.4 Å². The minimum absolute atomic E-state index is 0.515. The molecular weight excluding hydrogens is 120 g/mol. The smallest absolute Gasteiger partial charge is 0.210 e. The molecule has 0 bridgehead atoms. The van der Waals surface area contributed by atoms with Gasteiger partial charge in [0.15, 0.2) is 12.1 Å². The van der Waals surface area contributed by atoms with Crippen molar-refractivity contribution in [2.24, 2.45) is 0 Å². The van der Waals surface area contributed by atoms with E-state index in [1.807, 2.05) is 0 Å². The first-order valence-electron chi connectivity index (χ1n) is 2.34. The third-order valence-corrected chi connectivity index (χ3v) is 0.937. The van der Waals surface area contributed by atoms with Crippen LogP contribution in [0.3, 0.4) is 0 Å². The number of aromatic nitrogens is 4. The molecule has 0 N–H and O–H groups in total. The third-order valence-electron chi connectivity index (χ3n) is 0.937. The number of fused-ring (bicyclic) bond motifs is 1. The summed E-state index contributed by atoms with van der Waals surface area (Å²) >= 11 is 0. The van der Waals surface area contributed by atoms with Gasteiger partial charge in [-0.3, -0.25) is 0 Å². The predicted molar refractivity (Wildman–Crippen MR) is 26.5 cm³/mol. The summed E-state index contributed by atoms with van der Waals surface area (Å²) in [6.45, 7) is 0. The Morgan fingerprint density at radius 2 is 2.33 bits per heavy atom. The maximum absolute atomic E-state index is 4.70. The fourth-order valence-electron chi connectivity index (χ4n) is 0.552. The number of rotatable bonds is 0. The number of nitrogens with zero attached hydrogens (tertiary/aromatic N) is 4. The monoisotopic (exact) mass is 122 g/mol. The van der Waals surface area contributed by atoms with E-state index in [-0.39, 0.29) is 0 Å². The van der Waals surface area contributed by atoms with Crippen molar-refractivity contribution < 1.29 is 4.42 Å². The van der Waals surface area contributed by atoms with Gasteiger partial charge >= 0.3 is 0 Å². The van der Waals surface area contributed by atoms with Crippen LogP contribution in [0.2, 0.25) is 0 Å². The first kappa shape index (κ1) is 4.37. The van der Waals surface area contributed by atoms with Crippen LogP contribution in [0.1, 0.15) is 0 Å². The molecule has 0 spiro atoms. The SMILES string of the molecule is c1nc2nnnc-2co1. The van der Waals surface area contributed by atoms with Crippen LogP contribution >= 0.6 is 0 Å². The molecule has 0 saturated carbocycles. The molecule has 0 aromatic heterocycles. The summed E-state index contributed by atoms with van der Waals surface area (Å²) in [6, 6.07) is 0. The van der Waals surface area contributed by atoms with Crippen molar-refractivity contribution in [3.63, 3.8) is 0 Å². The molecule has 0 atom stereocenters. The van der Waals surface area contributed by atoms with Gasteiger partial charge in [0.1, 0.15) is 6.26 Å². The summed E-state index contributed by atoms with van der Waals surface area (Å²) in [5.41, 5.74) is 0.581. The third kappa shape index (κ3) is 0.543. The Bertz CT molecular complexity index is 253. The highest BCUT2D eigenvalue weighted by atomic mass is 16.3. The highest BCUT2D eigenvalue weighted by Crippen LogP contribution is 2.08. The molecule has 0 aromatic rings. The molecule has 44 valence electrons. The van der Waals surface area contributed by atoms with E-state index in [1.54, 1.807) is 0 Å². The Labute approximate surface area is 50.1 Å². The molecule has 0 saturated heterocycles. The molecule has 2 aliphatic rings. The van der Waals surface area contributed by atoms with Crippen LogP contribution in [0.25, 0.3) is 11.5 Å². The van der Waals surface area contributed by atoms with Gasteiger partial charge in [0, 0.05) is 0 Å². The first-order chi connectivity index (χ1) is 4.47. The van der Waals surface area contributed by atoms with Gasteiger partial charge < -0.3 is 4.42 Å². The normalized spacial score (nSPS) is 10.2. The van der Waals surface area contributed by atoms with Gasteiger partial charge in [-0.25, -0.2) is 0 Å². The molecule has 0 radical (unpaired) electrons. The van der Waals surface area contributed by atoms with E-state index in [0.717, 1.165) is 0 Å². The highest BCUT2D eigenvalue weighted by Gasteiger charge is 2.05. The van der Waals surface area contributed by atoms with Crippen LogP contribution in [0.5, 0.6) is 0 Å². The summed E-state index contributed by atoms with van der Waals surface area (Å²) < 4.78 is 4.70.